The Morgan fingerprint density at radius 3 is 2.27 bits per heavy atom. The molecule has 6 nitrogen and oxygen atoms in total. The van der Waals surface area contributed by atoms with Crippen molar-refractivity contribution >= 4 is 23.3 Å². The number of aliphatic hydroxyl groups excluding tert-OH is 2. The first-order valence-electron chi connectivity index (χ1n) is 7.94. The number of carbonyl (C=O) groups excluding carboxylic acids is 2. The fourth-order valence-electron chi connectivity index (χ4n) is 2.45. The molecule has 138 valence electrons. The largest absolute Gasteiger partial charge is 0.495 e. The summed E-state index contributed by atoms with van der Waals surface area (Å²) in [7, 11) is 1.54. The molecule has 0 fully saturated rings. The van der Waals surface area contributed by atoms with Crippen LogP contribution in [0.3, 0.4) is 0 Å². The molecular formula is C19H20ClNO5. The highest BCUT2D eigenvalue weighted by atomic mass is 35.5. The maximum absolute atomic E-state index is 12.3. The number of carbonyl (C=O) groups is 2. The number of halogens is 1. The van der Waals surface area contributed by atoms with Gasteiger partial charge in [-0.25, -0.2) is 0 Å². The van der Waals surface area contributed by atoms with Crippen LogP contribution in [0, 0.1) is 0 Å². The first-order valence-corrected chi connectivity index (χ1v) is 8.31. The number of benzene rings is 2. The second-order valence-electron chi connectivity index (χ2n) is 5.74. The van der Waals surface area contributed by atoms with Crippen LogP contribution in [0.1, 0.15) is 17.3 Å². The highest BCUT2D eigenvalue weighted by Gasteiger charge is 2.25. The van der Waals surface area contributed by atoms with E-state index in [1.807, 2.05) is 6.07 Å². The summed E-state index contributed by atoms with van der Waals surface area (Å²) in [5.41, 5.74) is 2.04. The standard InChI is InChI=1S/C19H20ClNO5/c1-11(23)18(16(24)10-22)21-19(25)13-5-3-12(4-6-13)14-7-8-17(26-2)15(20)9-14/h3-9,11,18,22-23H,10H2,1-2H3,(H,21,25)/t11-,18+/m1/s1. The van der Waals surface area contributed by atoms with Gasteiger partial charge >= 0.3 is 0 Å². The van der Waals surface area contributed by atoms with Crippen molar-refractivity contribution in [1.29, 1.82) is 0 Å². The first kappa shape index (κ1) is 19.9. The number of hydrogen-bond donors (Lipinski definition) is 3. The summed E-state index contributed by atoms with van der Waals surface area (Å²) < 4.78 is 5.12. The average Bonchev–Trinajstić information content (AvgIpc) is 2.65. The number of rotatable bonds is 7. The predicted octanol–water partition coefficient (Wildman–Crippen LogP) is 2.06. The molecule has 0 radical (unpaired) electrons. The van der Waals surface area contributed by atoms with Crippen molar-refractivity contribution in [3.05, 3.63) is 53.1 Å². The molecule has 26 heavy (non-hydrogen) atoms. The smallest absolute Gasteiger partial charge is 0.251 e. The third kappa shape index (κ3) is 4.60. The summed E-state index contributed by atoms with van der Waals surface area (Å²) in [4.78, 5) is 23.9. The molecule has 0 aliphatic heterocycles. The van der Waals surface area contributed by atoms with Crippen molar-refractivity contribution in [3.8, 4) is 16.9 Å². The predicted molar refractivity (Wildman–Crippen MR) is 98.5 cm³/mol. The Balaban J connectivity index is 2.17. The Hall–Kier alpha value is -2.41. The lowest BCUT2D eigenvalue weighted by atomic mass is 10.0. The van der Waals surface area contributed by atoms with Gasteiger partial charge in [-0.15, -0.1) is 0 Å². The third-order valence-electron chi connectivity index (χ3n) is 3.90. The van der Waals surface area contributed by atoms with E-state index in [2.05, 4.69) is 5.32 Å². The highest BCUT2D eigenvalue weighted by molar-refractivity contribution is 6.32. The SMILES string of the molecule is COc1ccc(-c2ccc(C(=O)N[C@H](C(=O)CO)[C@@H](C)O)cc2)cc1Cl. The van der Waals surface area contributed by atoms with Gasteiger partial charge in [0.15, 0.2) is 5.78 Å². The van der Waals surface area contributed by atoms with Gasteiger partial charge in [0.05, 0.1) is 18.2 Å². The van der Waals surface area contributed by atoms with E-state index in [0.717, 1.165) is 11.1 Å². The Kier molecular flexibility index (Phi) is 6.74. The van der Waals surface area contributed by atoms with E-state index in [-0.39, 0.29) is 0 Å². The van der Waals surface area contributed by atoms with Gasteiger partial charge in [0.1, 0.15) is 18.4 Å². The number of nitrogens with one attached hydrogen (secondary N) is 1. The van der Waals surface area contributed by atoms with Crippen molar-refractivity contribution in [2.75, 3.05) is 13.7 Å². The van der Waals surface area contributed by atoms with Gasteiger partial charge in [0, 0.05) is 5.56 Å². The maximum atomic E-state index is 12.3. The molecule has 2 aromatic rings. The average molecular weight is 378 g/mol. The summed E-state index contributed by atoms with van der Waals surface area (Å²) in [5.74, 6) is -0.598. The summed E-state index contributed by atoms with van der Waals surface area (Å²) in [6, 6.07) is 10.9. The van der Waals surface area contributed by atoms with E-state index in [4.69, 9.17) is 21.4 Å². The number of ether oxygens (including phenoxy) is 1. The maximum Gasteiger partial charge on any atom is 0.251 e. The minimum absolute atomic E-state index is 0.324. The summed E-state index contributed by atoms with van der Waals surface area (Å²) >= 11 is 6.13. The lowest BCUT2D eigenvalue weighted by Crippen LogP contribution is -2.48. The fourth-order valence-corrected chi connectivity index (χ4v) is 2.71. The number of Topliss-reactive ketones (excluding diaryl/α,β-unsaturated/α-hetero) is 1. The normalized spacial score (nSPS) is 13.0. The van der Waals surface area contributed by atoms with E-state index in [1.54, 1.807) is 36.4 Å². The van der Waals surface area contributed by atoms with E-state index < -0.39 is 30.4 Å². The third-order valence-corrected chi connectivity index (χ3v) is 4.20. The van der Waals surface area contributed by atoms with Crippen LogP contribution in [-0.2, 0) is 4.79 Å². The van der Waals surface area contributed by atoms with Crippen LogP contribution in [0.4, 0.5) is 0 Å². The number of aliphatic hydroxyl groups is 2. The van der Waals surface area contributed by atoms with Crippen LogP contribution >= 0.6 is 11.6 Å². The van der Waals surface area contributed by atoms with Gasteiger partial charge < -0.3 is 20.3 Å². The van der Waals surface area contributed by atoms with E-state index in [1.165, 1.54) is 14.0 Å². The molecule has 3 N–H and O–H groups in total. The molecular weight excluding hydrogens is 358 g/mol. The zero-order chi connectivity index (χ0) is 19.3. The highest BCUT2D eigenvalue weighted by Crippen LogP contribution is 2.30. The molecule has 0 heterocycles. The molecule has 0 aromatic heterocycles. The molecule has 0 aliphatic carbocycles. The second kappa shape index (κ2) is 8.80. The van der Waals surface area contributed by atoms with Gasteiger partial charge in [0.25, 0.3) is 5.91 Å². The van der Waals surface area contributed by atoms with Crippen LogP contribution in [0.15, 0.2) is 42.5 Å². The van der Waals surface area contributed by atoms with Crippen LogP contribution in [0.2, 0.25) is 5.02 Å². The summed E-state index contributed by atoms with van der Waals surface area (Å²) in [6.45, 7) is 0.613. The molecule has 2 atom stereocenters. The first-order chi connectivity index (χ1) is 12.4. The fraction of sp³-hybridized carbons (Fsp3) is 0.263. The Morgan fingerprint density at radius 1 is 1.15 bits per heavy atom. The second-order valence-corrected chi connectivity index (χ2v) is 6.15. The molecule has 1 amide bonds. The summed E-state index contributed by atoms with van der Waals surface area (Å²) in [5, 5.41) is 21.4. The monoisotopic (exact) mass is 377 g/mol. The van der Waals surface area contributed by atoms with Crippen LogP contribution < -0.4 is 10.1 Å². The summed E-state index contributed by atoms with van der Waals surface area (Å²) in [6.07, 6.45) is -1.11. The van der Waals surface area contributed by atoms with Gasteiger partial charge in [0.2, 0.25) is 0 Å². The lowest BCUT2D eigenvalue weighted by molar-refractivity contribution is -0.125. The topological polar surface area (TPSA) is 95.9 Å². The Morgan fingerprint density at radius 2 is 1.77 bits per heavy atom. The van der Waals surface area contributed by atoms with Crippen molar-refractivity contribution in [3.63, 3.8) is 0 Å². The van der Waals surface area contributed by atoms with Gasteiger partial charge in [-0.05, 0) is 42.3 Å². The van der Waals surface area contributed by atoms with Gasteiger partial charge in [-0.3, -0.25) is 9.59 Å². The molecule has 0 saturated carbocycles. The molecule has 2 aromatic carbocycles. The Bertz CT molecular complexity index is 789. The lowest BCUT2D eigenvalue weighted by Gasteiger charge is -2.19. The Labute approximate surface area is 156 Å². The van der Waals surface area contributed by atoms with Crippen molar-refractivity contribution in [2.24, 2.45) is 0 Å². The molecule has 0 aliphatic rings. The molecule has 0 bridgehead atoms. The number of amides is 1. The zero-order valence-corrected chi connectivity index (χ0v) is 15.2. The van der Waals surface area contributed by atoms with Crippen LogP contribution in [-0.4, -0.2) is 47.8 Å². The van der Waals surface area contributed by atoms with Crippen molar-refractivity contribution in [2.45, 2.75) is 19.1 Å². The molecule has 0 unspecified atom stereocenters. The minimum atomic E-state index is -1.16. The van der Waals surface area contributed by atoms with Crippen molar-refractivity contribution in [1.82, 2.24) is 5.32 Å². The van der Waals surface area contributed by atoms with Gasteiger partial charge in [-0.2, -0.15) is 0 Å². The molecule has 2 rings (SSSR count). The molecule has 0 saturated heterocycles. The van der Waals surface area contributed by atoms with Crippen LogP contribution in [0.5, 0.6) is 5.75 Å². The quantitative estimate of drug-likeness (QED) is 0.686. The van der Waals surface area contributed by atoms with Crippen LogP contribution in [0.25, 0.3) is 11.1 Å². The molecule has 0 spiro atoms. The zero-order valence-electron chi connectivity index (χ0n) is 14.4. The van der Waals surface area contributed by atoms with E-state index in [0.29, 0.717) is 16.3 Å². The molecule has 7 heteroatoms. The van der Waals surface area contributed by atoms with Crippen molar-refractivity contribution < 1.29 is 24.5 Å². The number of ketones is 1. The van der Waals surface area contributed by atoms with E-state index in [9.17, 15) is 14.7 Å². The minimum Gasteiger partial charge on any atom is -0.495 e. The van der Waals surface area contributed by atoms with E-state index >= 15 is 0 Å². The van der Waals surface area contributed by atoms with Gasteiger partial charge in [-0.1, -0.05) is 29.8 Å². The number of methoxy groups -OCH3 is 1. The number of hydrogen-bond acceptors (Lipinski definition) is 5.